The van der Waals surface area contributed by atoms with Gasteiger partial charge in [-0.2, -0.15) is 0 Å². The second-order valence-electron chi connectivity index (χ2n) is 8.81. The average molecular weight is 389 g/mol. The van der Waals surface area contributed by atoms with Gasteiger partial charge in [0.2, 0.25) is 0 Å². The molecular formula is C26H44O2. The second-order valence-corrected chi connectivity index (χ2v) is 8.81. The Hall–Kier alpha value is -1.31. The first kappa shape index (κ1) is 24.7. The van der Waals surface area contributed by atoms with E-state index >= 15 is 0 Å². The van der Waals surface area contributed by atoms with Crippen LogP contribution in [0, 0.1) is 17.3 Å². The smallest absolute Gasteiger partial charge is 0.307 e. The number of hydrogen-bond acceptors (Lipinski definition) is 1. The summed E-state index contributed by atoms with van der Waals surface area (Å²) in [5.74, 6) is -0.664. The third-order valence-corrected chi connectivity index (χ3v) is 6.50. The van der Waals surface area contributed by atoms with Gasteiger partial charge < -0.3 is 5.11 Å². The van der Waals surface area contributed by atoms with Gasteiger partial charge in [0.25, 0.3) is 0 Å². The number of aliphatic carboxylic acids is 1. The summed E-state index contributed by atoms with van der Waals surface area (Å²) in [5.41, 5.74) is -0.264. The van der Waals surface area contributed by atoms with Gasteiger partial charge in [-0.3, -0.25) is 4.79 Å². The molecule has 0 aliphatic heterocycles. The summed E-state index contributed by atoms with van der Waals surface area (Å²) in [7, 11) is 0. The van der Waals surface area contributed by atoms with Gasteiger partial charge in [0, 0.05) is 5.41 Å². The Balaban J connectivity index is 2.11. The van der Waals surface area contributed by atoms with E-state index < -0.39 is 5.97 Å². The monoisotopic (exact) mass is 388 g/mol. The zero-order valence-electron chi connectivity index (χ0n) is 18.7. The van der Waals surface area contributed by atoms with Crippen LogP contribution in [0.1, 0.15) is 104 Å². The van der Waals surface area contributed by atoms with Crippen LogP contribution in [0.3, 0.4) is 0 Å². The third kappa shape index (κ3) is 9.26. The van der Waals surface area contributed by atoms with E-state index in [1.165, 1.54) is 64.2 Å². The fraction of sp³-hybridized carbons (Fsp3) is 0.731. The van der Waals surface area contributed by atoms with Crippen LogP contribution in [0.5, 0.6) is 0 Å². The van der Waals surface area contributed by atoms with Gasteiger partial charge in [0.05, 0.1) is 5.92 Å². The van der Waals surface area contributed by atoms with Gasteiger partial charge in [-0.1, -0.05) is 109 Å². The molecule has 3 unspecified atom stereocenters. The van der Waals surface area contributed by atoms with Gasteiger partial charge >= 0.3 is 5.97 Å². The molecule has 0 saturated carbocycles. The average Bonchev–Trinajstić information content (AvgIpc) is 2.67. The first-order valence-electron chi connectivity index (χ1n) is 11.8. The van der Waals surface area contributed by atoms with Crippen molar-refractivity contribution in [3.63, 3.8) is 0 Å². The molecule has 0 fully saturated rings. The highest BCUT2D eigenvalue weighted by Crippen LogP contribution is 2.42. The SMILES string of the molecule is CCCCCCCC/C=C\CCCCCCC(C(=O)O)C1(C)C=CC=CC1C. The molecule has 28 heavy (non-hydrogen) atoms. The first-order chi connectivity index (χ1) is 13.5. The number of carbonyl (C=O) groups is 1. The number of hydrogen-bond donors (Lipinski definition) is 1. The normalized spacial score (nSPS) is 22.8. The Morgan fingerprint density at radius 3 is 2.11 bits per heavy atom. The molecule has 2 heteroatoms. The minimum Gasteiger partial charge on any atom is -0.481 e. The van der Waals surface area contributed by atoms with Crippen LogP contribution in [0.4, 0.5) is 0 Å². The highest BCUT2D eigenvalue weighted by Gasteiger charge is 2.40. The Morgan fingerprint density at radius 1 is 0.964 bits per heavy atom. The van der Waals surface area contributed by atoms with Crippen molar-refractivity contribution in [1.82, 2.24) is 0 Å². The van der Waals surface area contributed by atoms with Crippen LogP contribution >= 0.6 is 0 Å². The fourth-order valence-electron chi connectivity index (χ4n) is 4.23. The quantitative estimate of drug-likeness (QED) is 0.214. The molecular weight excluding hydrogens is 344 g/mol. The molecule has 0 aromatic rings. The molecule has 0 aromatic heterocycles. The summed E-state index contributed by atoms with van der Waals surface area (Å²) in [6, 6.07) is 0. The fourth-order valence-corrected chi connectivity index (χ4v) is 4.23. The van der Waals surface area contributed by atoms with Gasteiger partial charge in [0.1, 0.15) is 0 Å². The predicted molar refractivity (Wildman–Crippen MR) is 122 cm³/mol. The van der Waals surface area contributed by atoms with Crippen LogP contribution in [-0.2, 0) is 4.79 Å². The predicted octanol–water partition coefficient (Wildman–Crippen LogP) is 8.10. The molecule has 2 nitrogen and oxygen atoms in total. The molecule has 3 atom stereocenters. The second kappa shape index (κ2) is 14.7. The van der Waals surface area contributed by atoms with Crippen molar-refractivity contribution in [3.05, 3.63) is 36.5 Å². The summed E-state index contributed by atoms with van der Waals surface area (Å²) in [5, 5.41) is 9.75. The molecule has 0 aromatic carbocycles. The van der Waals surface area contributed by atoms with E-state index in [4.69, 9.17) is 0 Å². The van der Waals surface area contributed by atoms with Crippen LogP contribution in [0.15, 0.2) is 36.5 Å². The Morgan fingerprint density at radius 2 is 1.54 bits per heavy atom. The maximum absolute atomic E-state index is 11.8. The van der Waals surface area contributed by atoms with Crippen molar-refractivity contribution >= 4 is 5.97 Å². The van der Waals surface area contributed by atoms with Crippen LogP contribution in [-0.4, -0.2) is 11.1 Å². The summed E-state index contributed by atoms with van der Waals surface area (Å²) in [6.45, 7) is 6.50. The van der Waals surface area contributed by atoms with E-state index in [0.29, 0.717) is 0 Å². The van der Waals surface area contributed by atoms with Crippen molar-refractivity contribution in [2.75, 3.05) is 0 Å². The van der Waals surface area contributed by atoms with Crippen molar-refractivity contribution in [2.24, 2.45) is 17.3 Å². The number of allylic oxidation sites excluding steroid dienone is 6. The van der Waals surface area contributed by atoms with Crippen LogP contribution in [0.25, 0.3) is 0 Å². The number of rotatable bonds is 16. The lowest BCUT2D eigenvalue weighted by Gasteiger charge is -2.38. The van der Waals surface area contributed by atoms with E-state index in [0.717, 1.165) is 19.3 Å². The third-order valence-electron chi connectivity index (χ3n) is 6.50. The molecule has 1 aliphatic rings. The maximum atomic E-state index is 11.8. The largest absolute Gasteiger partial charge is 0.481 e. The number of carboxylic acids is 1. The summed E-state index contributed by atoms with van der Waals surface area (Å²) < 4.78 is 0. The van der Waals surface area contributed by atoms with E-state index in [1.54, 1.807) is 0 Å². The Bertz CT molecular complexity index is 503. The van der Waals surface area contributed by atoms with E-state index in [1.807, 2.05) is 12.2 Å². The van der Waals surface area contributed by atoms with Gasteiger partial charge in [-0.05, 0) is 38.0 Å². The minimum absolute atomic E-state index is 0.264. The highest BCUT2D eigenvalue weighted by molar-refractivity contribution is 5.71. The number of unbranched alkanes of at least 4 members (excludes halogenated alkanes) is 10. The van der Waals surface area contributed by atoms with Gasteiger partial charge in [-0.25, -0.2) is 0 Å². The van der Waals surface area contributed by atoms with E-state index in [-0.39, 0.29) is 17.3 Å². The van der Waals surface area contributed by atoms with E-state index in [2.05, 4.69) is 45.1 Å². The maximum Gasteiger partial charge on any atom is 0.307 e. The van der Waals surface area contributed by atoms with Crippen LogP contribution < -0.4 is 0 Å². The molecule has 0 saturated heterocycles. The summed E-state index contributed by atoms with van der Waals surface area (Å²) in [4.78, 5) is 11.8. The Labute approximate surface area is 174 Å². The topological polar surface area (TPSA) is 37.3 Å². The van der Waals surface area contributed by atoms with Crippen molar-refractivity contribution in [1.29, 1.82) is 0 Å². The molecule has 0 amide bonds. The summed E-state index contributed by atoms with van der Waals surface area (Å²) >= 11 is 0. The molecule has 1 aliphatic carbocycles. The lowest BCUT2D eigenvalue weighted by atomic mass is 9.65. The van der Waals surface area contributed by atoms with Crippen molar-refractivity contribution in [2.45, 2.75) is 104 Å². The lowest BCUT2D eigenvalue weighted by molar-refractivity contribution is -0.146. The highest BCUT2D eigenvalue weighted by atomic mass is 16.4. The lowest BCUT2D eigenvalue weighted by Crippen LogP contribution is -2.37. The van der Waals surface area contributed by atoms with Gasteiger partial charge in [-0.15, -0.1) is 0 Å². The molecule has 0 spiro atoms. The molecule has 0 radical (unpaired) electrons. The molecule has 0 bridgehead atoms. The van der Waals surface area contributed by atoms with Gasteiger partial charge in [0.15, 0.2) is 0 Å². The number of carboxylic acid groups (broad SMARTS) is 1. The van der Waals surface area contributed by atoms with Crippen LogP contribution in [0.2, 0.25) is 0 Å². The van der Waals surface area contributed by atoms with Crippen molar-refractivity contribution in [3.8, 4) is 0 Å². The standard InChI is InChI=1S/C26H44O2/c1-4-5-6-7-8-9-10-11-12-13-14-15-16-17-21-24(25(27)28)26(3)22-19-18-20-23(26)2/h11-12,18-20,22-24H,4-10,13-17,21H2,1-3H3,(H,27,28)/b12-11-. The minimum atomic E-state index is -0.646. The molecule has 160 valence electrons. The Kier molecular flexibility index (Phi) is 12.9. The zero-order valence-corrected chi connectivity index (χ0v) is 18.7. The molecule has 1 rings (SSSR count). The van der Waals surface area contributed by atoms with E-state index in [9.17, 15) is 9.90 Å². The summed E-state index contributed by atoms with van der Waals surface area (Å²) in [6.07, 6.45) is 28.9. The zero-order chi connectivity index (χ0) is 20.7. The molecule has 0 heterocycles. The molecule has 1 N–H and O–H groups in total. The van der Waals surface area contributed by atoms with Crippen molar-refractivity contribution < 1.29 is 9.90 Å². The first-order valence-corrected chi connectivity index (χ1v) is 11.8.